The van der Waals surface area contributed by atoms with Crippen molar-refractivity contribution in [3.8, 4) is 5.75 Å². The van der Waals surface area contributed by atoms with Gasteiger partial charge in [-0.3, -0.25) is 9.69 Å². The summed E-state index contributed by atoms with van der Waals surface area (Å²) in [6.45, 7) is 5.17. The topological polar surface area (TPSA) is 42.0 Å². The molecule has 3 aliphatic heterocycles. The molecular formula is C26H31ClN2O3. The number of amides is 1. The maximum atomic E-state index is 13.4. The Bertz CT molecular complexity index is 934. The van der Waals surface area contributed by atoms with Gasteiger partial charge in [0, 0.05) is 36.6 Å². The highest BCUT2D eigenvalue weighted by molar-refractivity contribution is 6.30. The lowest BCUT2D eigenvalue weighted by Crippen LogP contribution is -2.47. The first kappa shape index (κ1) is 21.7. The number of carbonyl (C=O) groups is 1. The normalized spacial score (nSPS) is 23.0. The van der Waals surface area contributed by atoms with Gasteiger partial charge in [0.05, 0.1) is 12.2 Å². The van der Waals surface area contributed by atoms with Crippen molar-refractivity contribution >= 4 is 17.5 Å². The third kappa shape index (κ3) is 4.80. The molecule has 3 aliphatic rings. The van der Waals surface area contributed by atoms with Crippen molar-refractivity contribution in [3.63, 3.8) is 0 Å². The monoisotopic (exact) mass is 454 g/mol. The first-order chi connectivity index (χ1) is 15.6. The molecule has 5 rings (SSSR count). The van der Waals surface area contributed by atoms with Crippen LogP contribution >= 0.6 is 11.6 Å². The summed E-state index contributed by atoms with van der Waals surface area (Å²) < 4.78 is 12.4. The first-order valence-corrected chi connectivity index (χ1v) is 12.1. The molecular weight excluding hydrogens is 424 g/mol. The number of rotatable bonds is 5. The number of hydrogen-bond acceptors (Lipinski definition) is 4. The number of benzene rings is 2. The van der Waals surface area contributed by atoms with Crippen LogP contribution in [-0.4, -0.2) is 60.2 Å². The van der Waals surface area contributed by atoms with E-state index in [-0.39, 0.29) is 17.6 Å². The first-order valence-electron chi connectivity index (χ1n) is 11.8. The van der Waals surface area contributed by atoms with Crippen LogP contribution in [-0.2, 0) is 11.3 Å². The molecule has 0 saturated carbocycles. The largest absolute Gasteiger partial charge is 0.488 e. The molecule has 0 bridgehead atoms. The van der Waals surface area contributed by atoms with Crippen LogP contribution in [0.4, 0.5) is 0 Å². The second-order valence-corrected chi connectivity index (χ2v) is 9.76. The van der Waals surface area contributed by atoms with Crippen LogP contribution in [0.25, 0.3) is 0 Å². The molecule has 3 heterocycles. The van der Waals surface area contributed by atoms with E-state index < -0.39 is 0 Å². The molecule has 1 unspecified atom stereocenters. The van der Waals surface area contributed by atoms with Crippen molar-refractivity contribution in [2.45, 2.75) is 50.4 Å². The van der Waals surface area contributed by atoms with E-state index in [1.165, 1.54) is 12.8 Å². The van der Waals surface area contributed by atoms with Gasteiger partial charge in [-0.1, -0.05) is 29.8 Å². The van der Waals surface area contributed by atoms with E-state index in [9.17, 15) is 4.79 Å². The van der Waals surface area contributed by atoms with Crippen molar-refractivity contribution in [1.29, 1.82) is 0 Å². The average molecular weight is 455 g/mol. The van der Waals surface area contributed by atoms with Gasteiger partial charge in [0.2, 0.25) is 0 Å². The summed E-state index contributed by atoms with van der Waals surface area (Å²) in [5, 5.41) is 0.704. The molecule has 32 heavy (non-hydrogen) atoms. The Kier molecular flexibility index (Phi) is 6.40. The summed E-state index contributed by atoms with van der Waals surface area (Å²) in [5.74, 6) is 0.976. The van der Waals surface area contributed by atoms with E-state index in [2.05, 4.69) is 11.0 Å². The minimum absolute atomic E-state index is 0.0413. The minimum atomic E-state index is -0.178. The minimum Gasteiger partial charge on any atom is -0.488 e. The molecule has 1 amide bonds. The van der Waals surface area contributed by atoms with E-state index in [1.54, 1.807) is 0 Å². The molecule has 2 aromatic rings. The number of nitrogens with zero attached hydrogens (tertiary/aromatic N) is 2. The highest BCUT2D eigenvalue weighted by Gasteiger charge is 2.44. The highest BCUT2D eigenvalue weighted by Crippen LogP contribution is 2.38. The van der Waals surface area contributed by atoms with Gasteiger partial charge >= 0.3 is 0 Å². The van der Waals surface area contributed by atoms with E-state index in [0.717, 1.165) is 68.9 Å². The Morgan fingerprint density at radius 2 is 1.75 bits per heavy atom. The lowest BCUT2D eigenvalue weighted by Gasteiger charge is -2.38. The van der Waals surface area contributed by atoms with Gasteiger partial charge < -0.3 is 14.4 Å². The van der Waals surface area contributed by atoms with Gasteiger partial charge in [0.25, 0.3) is 5.91 Å². The summed E-state index contributed by atoms with van der Waals surface area (Å²) in [4.78, 5) is 17.8. The van der Waals surface area contributed by atoms with Crippen molar-refractivity contribution in [2.75, 3.05) is 32.8 Å². The van der Waals surface area contributed by atoms with Crippen LogP contribution in [0.15, 0.2) is 48.5 Å². The highest BCUT2D eigenvalue weighted by atomic mass is 35.5. The van der Waals surface area contributed by atoms with Crippen molar-refractivity contribution in [3.05, 3.63) is 64.7 Å². The SMILES string of the molecule is O=C(c1ccccc1CN1CCCC1)N1CCC2(CC1)CC(Oc1ccc(Cl)cc1)CO2. The number of hydrogen-bond donors (Lipinski definition) is 0. The summed E-state index contributed by atoms with van der Waals surface area (Å²) in [6, 6.07) is 15.6. The lowest BCUT2D eigenvalue weighted by molar-refractivity contribution is -0.0396. The Labute approximate surface area is 195 Å². The molecule has 3 saturated heterocycles. The second kappa shape index (κ2) is 9.42. The molecule has 0 radical (unpaired) electrons. The van der Waals surface area contributed by atoms with Crippen LogP contribution in [0.5, 0.6) is 5.75 Å². The maximum Gasteiger partial charge on any atom is 0.254 e. The van der Waals surface area contributed by atoms with Crippen LogP contribution in [0, 0.1) is 0 Å². The molecule has 5 nitrogen and oxygen atoms in total. The quantitative estimate of drug-likeness (QED) is 0.652. The third-order valence-corrected chi connectivity index (χ3v) is 7.35. The number of halogens is 1. The summed E-state index contributed by atoms with van der Waals surface area (Å²) in [7, 11) is 0. The van der Waals surface area contributed by atoms with Crippen LogP contribution in [0.2, 0.25) is 5.02 Å². The van der Waals surface area contributed by atoms with Crippen LogP contribution in [0.3, 0.4) is 0 Å². The Hall–Kier alpha value is -2.08. The predicted molar refractivity (Wildman–Crippen MR) is 125 cm³/mol. The Balaban J connectivity index is 1.18. The third-order valence-electron chi connectivity index (χ3n) is 7.09. The maximum absolute atomic E-state index is 13.4. The van der Waals surface area contributed by atoms with Crippen molar-refractivity contribution in [1.82, 2.24) is 9.80 Å². The zero-order valence-corrected chi connectivity index (χ0v) is 19.2. The molecule has 0 aromatic heterocycles. The van der Waals surface area contributed by atoms with E-state index in [0.29, 0.717) is 11.6 Å². The van der Waals surface area contributed by atoms with Gasteiger partial charge in [-0.2, -0.15) is 0 Å². The lowest BCUT2D eigenvalue weighted by atomic mass is 9.87. The molecule has 6 heteroatoms. The van der Waals surface area contributed by atoms with Crippen LogP contribution in [0.1, 0.15) is 48.0 Å². The van der Waals surface area contributed by atoms with Gasteiger partial charge in [-0.15, -0.1) is 0 Å². The number of likely N-dealkylation sites (tertiary alicyclic amines) is 2. The van der Waals surface area contributed by atoms with Crippen molar-refractivity contribution in [2.24, 2.45) is 0 Å². The fraction of sp³-hybridized carbons (Fsp3) is 0.500. The Morgan fingerprint density at radius 1 is 1.03 bits per heavy atom. The smallest absolute Gasteiger partial charge is 0.254 e. The van der Waals surface area contributed by atoms with E-state index >= 15 is 0 Å². The van der Waals surface area contributed by atoms with E-state index in [1.807, 2.05) is 47.4 Å². The molecule has 0 aliphatic carbocycles. The van der Waals surface area contributed by atoms with E-state index in [4.69, 9.17) is 21.1 Å². The molecule has 170 valence electrons. The van der Waals surface area contributed by atoms with Gasteiger partial charge in [0.15, 0.2) is 0 Å². The summed E-state index contributed by atoms with van der Waals surface area (Å²) >= 11 is 5.97. The fourth-order valence-electron chi connectivity index (χ4n) is 5.27. The zero-order chi connectivity index (χ0) is 22.0. The van der Waals surface area contributed by atoms with Gasteiger partial charge in [-0.25, -0.2) is 0 Å². The molecule has 2 aromatic carbocycles. The van der Waals surface area contributed by atoms with Crippen LogP contribution < -0.4 is 4.74 Å². The molecule has 3 fully saturated rings. The fourth-order valence-corrected chi connectivity index (χ4v) is 5.39. The predicted octanol–water partition coefficient (Wildman–Crippen LogP) is 4.78. The Morgan fingerprint density at radius 3 is 2.50 bits per heavy atom. The molecule has 1 atom stereocenters. The number of ether oxygens (including phenoxy) is 2. The summed E-state index contributed by atoms with van der Waals surface area (Å²) in [6.07, 6.45) is 5.13. The summed E-state index contributed by atoms with van der Waals surface area (Å²) in [5.41, 5.74) is 1.82. The van der Waals surface area contributed by atoms with Gasteiger partial charge in [0.1, 0.15) is 11.9 Å². The molecule has 0 N–H and O–H groups in total. The van der Waals surface area contributed by atoms with Crippen molar-refractivity contribution < 1.29 is 14.3 Å². The number of carbonyl (C=O) groups excluding carboxylic acids is 1. The zero-order valence-electron chi connectivity index (χ0n) is 18.5. The second-order valence-electron chi connectivity index (χ2n) is 9.32. The molecule has 1 spiro atoms. The average Bonchev–Trinajstić information content (AvgIpc) is 3.46. The number of piperidine rings is 1. The van der Waals surface area contributed by atoms with Gasteiger partial charge in [-0.05, 0) is 74.7 Å². The standard InChI is InChI=1S/C26H31ClN2O3/c27-21-7-9-22(10-8-21)32-23-17-26(31-19-23)11-15-29(16-12-26)25(30)24-6-2-1-5-20(24)18-28-13-3-4-14-28/h1-2,5-10,23H,3-4,11-19H2.